The number of ether oxygens (including phenoxy) is 2. The van der Waals surface area contributed by atoms with E-state index in [9.17, 15) is 9.59 Å². The number of esters is 1. The van der Waals surface area contributed by atoms with Gasteiger partial charge in [-0.2, -0.15) is 0 Å². The number of rotatable bonds is 4. The second kappa shape index (κ2) is 6.05. The number of carbonyl (C=O) groups is 2. The van der Waals surface area contributed by atoms with Crippen LogP contribution in [0.5, 0.6) is 0 Å². The minimum atomic E-state index is -0.728. The van der Waals surface area contributed by atoms with Gasteiger partial charge in [0.15, 0.2) is 0 Å². The second-order valence-corrected chi connectivity index (χ2v) is 2.06. The van der Waals surface area contributed by atoms with Crippen molar-refractivity contribution in [2.45, 2.75) is 13.8 Å². The Bertz CT molecular complexity index is 212. The summed E-state index contributed by atoms with van der Waals surface area (Å²) in [6, 6.07) is 0. The van der Waals surface area contributed by atoms with Crippen molar-refractivity contribution in [3.8, 4) is 0 Å². The van der Waals surface area contributed by atoms with E-state index >= 15 is 0 Å². The third kappa shape index (κ3) is 4.84. The van der Waals surface area contributed by atoms with E-state index in [1.807, 2.05) is 0 Å². The highest BCUT2D eigenvalue weighted by Crippen LogP contribution is 1.97. The average Bonchev–Trinajstić information content (AvgIpc) is 2.05. The van der Waals surface area contributed by atoms with Crippen LogP contribution in [0.2, 0.25) is 0 Å². The summed E-state index contributed by atoms with van der Waals surface area (Å²) in [6.45, 7) is 7.26. The van der Waals surface area contributed by atoms with Crippen molar-refractivity contribution in [2.24, 2.45) is 0 Å². The molecule has 0 aliphatic rings. The molecule has 0 aromatic carbocycles. The number of carbonyl (C=O) groups excluding carboxylic acids is 2. The highest BCUT2D eigenvalue weighted by molar-refractivity contribution is 5.88. The SMILES string of the molecule is C=C(OC(=O)NCC)C(=O)OCC. The Morgan fingerprint density at radius 2 is 2.00 bits per heavy atom. The molecule has 5 nitrogen and oxygen atoms in total. The first-order valence-corrected chi connectivity index (χ1v) is 3.93. The average molecular weight is 187 g/mol. The largest absolute Gasteiger partial charge is 0.460 e. The van der Waals surface area contributed by atoms with Gasteiger partial charge in [0, 0.05) is 6.54 Å². The molecule has 0 radical (unpaired) electrons. The van der Waals surface area contributed by atoms with Crippen LogP contribution in [0.4, 0.5) is 4.79 Å². The van der Waals surface area contributed by atoms with Gasteiger partial charge in [0.2, 0.25) is 5.76 Å². The first kappa shape index (κ1) is 11.5. The van der Waals surface area contributed by atoms with Crippen molar-refractivity contribution in [1.82, 2.24) is 5.32 Å². The quantitative estimate of drug-likeness (QED) is 0.402. The van der Waals surface area contributed by atoms with Gasteiger partial charge in [-0.1, -0.05) is 0 Å². The molecule has 0 spiro atoms. The van der Waals surface area contributed by atoms with E-state index in [1.54, 1.807) is 13.8 Å². The van der Waals surface area contributed by atoms with Crippen molar-refractivity contribution in [1.29, 1.82) is 0 Å². The van der Waals surface area contributed by atoms with E-state index < -0.39 is 12.1 Å². The Morgan fingerprint density at radius 3 is 2.46 bits per heavy atom. The van der Waals surface area contributed by atoms with Crippen LogP contribution in [0.1, 0.15) is 13.8 Å². The summed E-state index contributed by atoms with van der Waals surface area (Å²) in [7, 11) is 0. The molecule has 0 aliphatic carbocycles. The van der Waals surface area contributed by atoms with Crippen molar-refractivity contribution in [3.05, 3.63) is 12.3 Å². The fourth-order valence-corrected chi connectivity index (χ4v) is 0.546. The van der Waals surface area contributed by atoms with E-state index in [4.69, 9.17) is 0 Å². The topological polar surface area (TPSA) is 64.6 Å². The summed E-state index contributed by atoms with van der Waals surface area (Å²) in [5.74, 6) is -1.04. The Hall–Kier alpha value is -1.52. The maximum Gasteiger partial charge on any atom is 0.412 e. The lowest BCUT2D eigenvalue weighted by molar-refractivity contribution is -0.141. The Morgan fingerprint density at radius 1 is 1.38 bits per heavy atom. The molecular formula is C8H13NO4. The predicted molar refractivity (Wildman–Crippen MR) is 45.9 cm³/mol. The number of nitrogens with one attached hydrogen (secondary N) is 1. The molecule has 0 rings (SSSR count). The van der Waals surface area contributed by atoms with Gasteiger partial charge in [-0.25, -0.2) is 9.59 Å². The maximum absolute atomic E-state index is 10.9. The zero-order chi connectivity index (χ0) is 10.3. The van der Waals surface area contributed by atoms with Crippen LogP contribution in [0.15, 0.2) is 12.3 Å². The molecule has 0 saturated heterocycles. The van der Waals surface area contributed by atoms with Crippen LogP contribution in [-0.4, -0.2) is 25.2 Å². The van der Waals surface area contributed by atoms with Crippen LogP contribution in [-0.2, 0) is 14.3 Å². The van der Waals surface area contributed by atoms with Gasteiger partial charge in [0.25, 0.3) is 0 Å². The minimum absolute atomic E-state index is 0.219. The van der Waals surface area contributed by atoms with Crippen LogP contribution in [0, 0.1) is 0 Å². The van der Waals surface area contributed by atoms with Gasteiger partial charge >= 0.3 is 12.1 Å². The van der Waals surface area contributed by atoms with Crippen LogP contribution in [0.3, 0.4) is 0 Å². The molecule has 13 heavy (non-hydrogen) atoms. The monoisotopic (exact) mass is 187 g/mol. The van der Waals surface area contributed by atoms with E-state index in [-0.39, 0.29) is 12.4 Å². The summed E-state index contributed by atoms with van der Waals surface area (Å²) in [4.78, 5) is 21.6. The summed E-state index contributed by atoms with van der Waals surface area (Å²) in [5, 5.41) is 2.34. The molecule has 1 N–H and O–H groups in total. The Balaban J connectivity index is 3.86. The lowest BCUT2D eigenvalue weighted by Crippen LogP contribution is -2.25. The van der Waals surface area contributed by atoms with Gasteiger partial charge in [-0.15, -0.1) is 0 Å². The third-order valence-electron chi connectivity index (χ3n) is 1.04. The van der Waals surface area contributed by atoms with Crippen LogP contribution >= 0.6 is 0 Å². The van der Waals surface area contributed by atoms with E-state index in [0.29, 0.717) is 6.54 Å². The van der Waals surface area contributed by atoms with Crippen molar-refractivity contribution in [3.63, 3.8) is 0 Å². The molecule has 1 amide bonds. The smallest absolute Gasteiger partial charge is 0.412 e. The zero-order valence-corrected chi connectivity index (χ0v) is 7.75. The zero-order valence-electron chi connectivity index (χ0n) is 7.75. The summed E-state index contributed by atoms with van der Waals surface area (Å²) < 4.78 is 9.03. The molecule has 0 fully saturated rings. The molecule has 0 heterocycles. The van der Waals surface area contributed by atoms with Gasteiger partial charge < -0.3 is 14.8 Å². The fourth-order valence-electron chi connectivity index (χ4n) is 0.546. The highest BCUT2D eigenvalue weighted by Gasteiger charge is 2.12. The molecule has 0 unspecified atom stereocenters. The number of alkyl carbamates (subject to hydrolysis) is 1. The van der Waals surface area contributed by atoms with E-state index in [0.717, 1.165) is 0 Å². The molecule has 0 aliphatic heterocycles. The van der Waals surface area contributed by atoms with Crippen LogP contribution < -0.4 is 5.32 Å². The standard InChI is InChI=1S/C8H13NO4/c1-4-9-8(11)13-6(3)7(10)12-5-2/h3-5H2,1-2H3,(H,9,11). The number of amides is 1. The normalized spacial score (nSPS) is 8.77. The van der Waals surface area contributed by atoms with E-state index in [1.165, 1.54) is 0 Å². The van der Waals surface area contributed by atoms with Gasteiger partial charge in [0.05, 0.1) is 6.61 Å². The first-order chi connectivity index (χ1) is 6.11. The molecule has 0 bridgehead atoms. The molecule has 0 saturated carbocycles. The van der Waals surface area contributed by atoms with Crippen molar-refractivity contribution < 1.29 is 19.1 Å². The summed E-state index contributed by atoms with van der Waals surface area (Å²) in [5.41, 5.74) is 0. The summed E-state index contributed by atoms with van der Waals surface area (Å²) >= 11 is 0. The lowest BCUT2D eigenvalue weighted by atomic mass is 10.6. The number of hydrogen-bond acceptors (Lipinski definition) is 4. The second-order valence-electron chi connectivity index (χ2n) is 2.06. The number of hydrogen-bond donors (Lipinski definition) is 1. The minimum Gasteiger partial charge on any atom is -0.460 e. The molecule has 5 heteroatoms. The predicted octanol–water partition coefficient (Wildman–Crippen LogP) is 0.809. The molecule has 0 aromatic heterocycles. The van der Waals surface area contributed by atoms with E-state index in [2.05, 4.69) is 21.4 Å². The highest BCUT2D eigenvalue weighted by atomic mass is 16.6. The molecule has 0 atom stereocenters. The van der Waals surface area contributed by atoms with Gasteiger partial charge in [-0.05, 0) is 20.4 Å². The molecule has 0 aromatic rings. The summed E-state index contributed by atoms with van der Waals surface area (Å²) in [6.07, 6.45) is -0.708. The lowest BCUT2D eigenvalue weighted by Gasteiger charge is -2.05. The third-order valence-corrected chi connectivity index (χ3v) is 1.04. The molecular weight excluding hydrogens is 174 g/mol. The van der Waals surface area contributed by atoms with Crippen molar-refractivity contribution in [2.75, 3.05) is 13.2 Å². The van der Waals surface area contributed by atoms with Gasteiger partial charge in [0.1, 0.15) is 0 Å². The first-order valence-electron chi connectivity index (χ1n) is 3.93. The fraction of sp³-hybridized carbons (Fsp3) is 0.500. The molecule has 74 valence electrons. The van der Waals surface area contributed by atoms with Crippen LogP contribution in [0.25, 0.3) is 0 Å². The van der Waals surface area contributed by atoms with Crippen molar-refractivity contribution >= 4 is 12.1 Å². The maximum atomic E-state index is 10.9. The van der Waals surface area contributed by atoms with Gasteiger partial charge in [-0.3, -0.25) is 0 Å². The Labute approximate surface area is 76.7 Å². The Kier molecular flexibility index (Phi) is 5.34.